The van der Waals surface area contributed by atoms with Crippen molar-refractivity contribution in [3.05, 3.63) is 23.8 Å². The van der Waals surface area contributed by atoms with E-state index in [-0.39, 0.29) is 23.7 Å². The Balaban J connectivity index is 2.14. The summed E-state index contributed by atoms with van der Waals surface area (Å²) in [7, 11) is 0. The van der Waals surface area contributed by atoms with Crippen LogP contribution in [-0.4, -0.2) is 45.5 Å². The number of alkyl halides is 6. The molecule has 3 N–H and O–H groups in total. The van der Waals surface area contributed by atoms with E-state index in [2.05, 4.69) is 0 Å². The van der Waals surface area contributed by atoms with Crippen molar-refractivity contribution in [1.29, 1.82) is 0 Å². The molecule has 9 heteroatoms. The summed E-state index contributed by atoms with van der Waals surface area (Å²) >= 11 is 0. The number of hydrogen-bond donors (Lipinski definition) is 3. The normalized spacial score (nSPS) is 31.3. The standard InChI is InChI=1S/C25H34F6O3/c1-16(7-6-11-23(34,24(26,27)28)25(29,30)31)22(4)12-10-18(21(22,2)3)9-5-8-17-13-19(32)15-20(33)14-17/h5,8-9,16,18-20,32-34H,7,10,12-15H2,1-4H3/b9-5+/t16-,18+,19+,20+,22+/m0/s1. The summed E-state index contributed by atoms with van der Waals surface area (Å²) in [5, 5.41) is 28.9. The third-order valence-corrected chi connectivity index (χ3v) is 8.17. The van der Waals surface area contributed by atoms with E-state index in [0.29, 0.717) is 25.7 Å². The average Bonchev–Trinajstić information content (AvgIpc) is 2.89. The number of hydrogen-bond acceptors (Lipinski definition) is 3. The highest BCUT2D eigenvalue weighted by molar-refractivity contribution is 5.22. The highest BCUT2D eigenvalue weighted by Gasteiger charge is 2.70. The SMILES string of the molecule is C[C@@H](CC#CC(O)(C(F)(F)F)C(F)(F)F)[C@@]1(C)CC[C@@H](/C=C/C=C2C[C@@H](O)C[C@H](O)C2)C1(C)C. The van der Waals surface area contributed by atoms with E-state index < -0.39 is 35.6 Å². The van der Waals surface area contributed by atoms with Crippen LogP contribution in [0.15, 0.2) is 23.8 Å². The molecule has 5 atom stereocenters. The summed E-state index contributed by atoms with van der Waals surface area (Å²) in [5.41, 5.74) is -4.83. The Bertz CT molecular complexity index is 819. The molecule has 0 aromatic rings. The lowest BCUT2D eigenvalue weighted by atomic mass is 9.59. The molecule has 0 heterocycles. The second kappa shape index (κ2) is 9.87. The second-order valence-corrected chi connectivity index (χ2v) is 10.6. The third-order valence-electron chi connectivity index (χ3n) is 8.17. The van der Waals surface area contributed by atoms with Crippen molar-refractivity contribution in [2.45, 2.75) is 96.4 Å². The van der Waals surface area contributed by atoms with Crippen LogP contribution in [0.2, 0.25) is 0 Å². The van der Waals surface area contributed by atoms with Gasteiger partial charge in [0.1, 0.15) is 0 Å². The first-order valence-corrected chi connectivity index (χ1v) is 11.4. The van der Waals surface area contributed by atoms with Gasteiger partial charge in [-0.2, -0.15) is 26.3 Å². The minimum absolute atomic E-state index is 0.116. The molecule has 2 rings (SSSR count). The number of aliphatic hydroxyl groups is 3. The molecule has 3 nitrogen and oxygen atoms in total. The Labute approximate surface area is 196 Å². The summed E-state index contributed by atoms with van der Waals surface area (Å²) in [4.78, 5) is 0. The fourth-order valence-electron chi connectivity index (χ4n) is 5.27. The molecule has 2 aliphatic rings. The number of rotatable bonds is 4. The Hall–Kier alpha value is -1.50. The van der Waals surface area contributed by atoms with Crippen molar-refractivity contribution in [1.82, 2.24) is 0 Å². The van der Waals surface area contributed by atoms with E-state index in [0.717, 1.165) is 17.9 Å². The molecule has 0 bridgehead atoms. The Kier molecular flexibility index (Phi) is 8.34. The van der Waals surface area contributed by atoms with Crippen LogP contribution in [0.1, 0.15) is 66.2 Å². The zero-order valence-electron chi connectivity index (χ0n) is 19.9. The van der Waals surface area contributed by atoms with E-state index in [1.54, 1.807) is 6.92 Å². The van der Waals surface area contributed by atoms with Gasteiger partial charge >= 0.3 is 18.0 Å². The molecule has 0 saturated heterocycles. The van der Waals surface area contributed by atoms with Crippen molar-refractivity contribution in [3.63, 3.8) is 0 Å². The molecule has 0 unspecified atom stereocenters. The smallest absolute Gasteiger partial charge is 0.393 e. The summed E-state index contributed by atoms with van der Waals surface area (Å²) in [6.45, 7) is 7.79. The van der Waals surface area contributed by atoms with E-state index in [4.69, 9.17) is 0 Å². The summed E-state index contributed by atoms with van der Waals surface area (Å²) in [6, 6.07) is 0. The first kappa shape index (κ1) is 28.7. The van der Waals surface area contributed by atoms with E-state index >= 15 is 0 Å². The first-order valence-electron chi connectivity index (χ1n) is 11.4. The minimum Gasteiger partial charge on any atom is -0.393 e. The maximum absolute atomic E-state index is 12.9. The fraction of sp³-hybridized carbons (Fsp3) is 0.760. The predicted octanol–water partition coefficient (Wildman–Crippen LogP) is 5.70. The van der Waals surface area contributed by atoms with Gasteiger partial charge in [-0.1, -0.05) is 57.4 Å². The monoisotopic (exact) mass is 496 g/mol. The number of halogens is 6. The topological polar surface area (TPSA) is 60.7 Å². The zero-order chi connectivity index (χ0) is 26.2. The van der Waals surface area contributed by atoms with Gasteiger partial charge in [0, 0.05) is 6.42 Å². The predicted molar refractivity (Wildman–Crippen MR) is 116 cm³/mol. The second-order valence-electron chi connectivity index (χ2n) is 10.6. The van der Waals surface area contributed by atoms with E-state index in [1.165, 1.54) is 0 Å². The quantitative estimate of drug-likeness (QED) is 0.346. The van der Waals surface area contributed by atoms with E-state index in [9.17, 15) is 41.7 Å². The summed E-state index contributed by atoms with van der Waals surface area (Å²) < 4.78 is 77.2. The number of aliphatic hydroxyl groups excluding tert-OH is 2. The molecule has 0 aromatic carbocycles. The molecule has 194 valence electrons. The molecular formula is C25H34F6O3. The Morgan fingerprint density at radius 3 is 2.06 bits per heavy atom. The lowest BCUT2D eigenvalue weighted by molar-refractivity contribution is -0.343. The van der Waals surface area contributed by atoms with Crippen LogP contribution in [0.4, 0.5) is 26.3 Å². The summed E-state index contributed by atoms with van der Waals surface area (Å²) in [5.74, 6) is 2.83. The van der Waals surface area contributed by atoms with Gasteiger partial charge in [-0.05, 0) is 60.7 Å². The molecule has 2 fully saturated rings. The third kappa shape index (κ3) is 5.66. The molecule has 34 heavy (non-hydrogen) atoms. The Morgan fingerprint density at radius 2 is 1.56 bits per heavy atom. The highest BCUT2D eigenvalue weighted by atomic mass is 19.4. The van der Waals surface area contributed by atoms with E-state index in [1.807, 2.05) is 44.9 Å². The van der Waals surface area contributed by atoms with Crippen molar-refractivity contribution in [3.8, 4) is 11.8 Å². The largest absolute Gasteiger partial charge is 0.438 e. The molecule has 2 aliphatic carbocycles. The highest BCUT2D eigenvalue weighted by Crippen LogP contribution is 2.60. The molecule has 0 aliphatic heterocycles. The van der Waals surface area contributed by atoms with Crippen molar-refractivity contribution < 1.29 is 41.7 Å². The van der Waals surface area contributed by atoms with Crippen LogP contribution in [0.3, 0.4) is 0 Å². The fourth-order valence-corrected chi connectivity index (χ4v) is 5.27. The first-order chi connectivity index (χ1) is 15.3. The van der Waals surface area contributed by atoms with Gasteiger partial charge in [-0.3, -0.25) is 0 Å². The number of allylic oxidation sites excluding steroid dienone is 3. The molecule has 0 radical (unpaired) electrons. The lowest BCUT2D eigenvalue weighted by Gasteiger charge is -2.45. The molecule has 0 spiro atoms. The molecule has 2 saturated carbocycles. The molecular weight excluding hydrogens is 462 g/mol. The van der Waals surface area contributed by atoms with Crippen LogP contribution in [0, 0.1) is 34.5 Å². The summed E-state index contributed by atoms with van der Waals surface area (Å²) in [6.07, 6.45) is -4.55. The Morgan fingerprint density at radius 1 is 1.03 bits per heavy atom. The van der Waals surface area contributed by atoms with Gasteiger partial charge in [0.15, 0.2) is 0 Å². The molecule has 0 aromatic heterocycles. The van der Waals surface area contributed by atoms with Crippen LogP contribution in [0.5, 0.6) is 0 Å². The van der Waals surface area contributed by atoms with Crippen molar-refractivity contribution in [2.24, 2.45) is 22.7 Å². The van der Waals surface area contributed by atoms with Crippen molar-refractivity contribution in [2.75, 3.05) is 0 Å². The van der Waals surface area contributed by atoms with Gasteiger partial charge in [0.2, 0.25) is 0 Å². The van der Waals surface area contributed by atoms with Gasteiger partial charge in [0.05, 0.1) is 12.2 Å². The molecule has 0 amide bonds. The van der Waals surface area contributed by atoms with Crippen LogP contribution in [0.25, 0.3) is 0 Å². The van der Waals surface area contributed by atoms with Gasteiger partial charge in [0.25, 0.3) is 0 Å². The maximum atomic E-state index is 12.9. The van der Waals surface area contributed by atoms with Crippen LogP contribution >= 0.6 is 0 Å². The maximum Gasteiger partial charge on any atom is 0.438 e. The zero-order valence-corrected chi connectivity index (χ0v) is 19.9. The minimum atomic E-state index is -5.95. The average molecular weight is 497 g/mol. The van der Waals surface area contributed by atoms with Gasteiger partial charge < -0.3 is 15.3 Å². The van der Waals surface area contributed by atoms with Crippen LogP contribution in [-0.2, 0) is 0 Å². The van der Waals surface area contributed by atoms with Gasteiger partial charge in [-0.15, -0.1) is 0 Å². The van der Waals surface area contributed by atoms with Crippen molar-refractivity contribution >= 4 is 0 Å². The van der Waals surface area contributed by atoms with Gasteiger partial charge in [-0.25, -0.2) is 0 Å². The lowest BCUT2D eigenvalue weighted by Crippen LogP contribution is -2.55. The van der Waals surface area contributed by atoms with Crippen LogP contribution < -0.4 is 0 Å².